The lowest BCUT2D eigenvalue weighted by Crippen LogP contribution is -2.31. The summed E-state index contributed by atoms with van der Waals surface area (Å²) in [6.07, 6.45) is 0.430. The van der Waals surface area contributed by atoms with Crippen LogP contribution in [0.4, 0.5) is 0 Å². The molecule has 1 atom stereocenters. The van der Waals surface area contributed by atoms with Gasteiger partial charge in [-0.15, -0.1) is 0 Å². The van der Waals surface area contributed by atoms with Crippen LogP contribution in [0, 0.1) is 0 Å². The number of carboxylic acid groups (broad SMARTS) is 1. The molecule has 0 aliphatic heterocycles. The Balaban J connectivity index is 2.47. The Bertz CT molecular complexity index is 408. The molecule has 0 fully saturated rings. The summed E-state index contributed by atoms with van der Waals surface area (Å²) >= 11 is 1.70. The molecule has 5 heteroatoms. The van der Waals surface area contributed by atoms with Crippen LogP contribution in [0.5, 0.6) is 0 Å². The number of amides is 1. The Labute approximate surface area is 117 Å². The Kier molecular flexibility index (Phi) is 7.03. The SMILES string of the molecule is CCSCCC(=O)NC[C@H](C(=O)O)c1ccccc1. The van der Waals surface area contributed by atoms with E-state index in [0.717, 1.165) is 11.5 Å². The summed E-state index contributed by atoms with van der Waals surface area (Å²) in [7, 11) is 0. The molecule has 2 N–H and O–H groups in total. The summed E-state index contributed by atoms with van der Waals surface area (Å²) in [6, 6.07) is 8.95. The van der Waals surface area contributed by atoms with Crippen molar-refractivity contribution in [3.8, 4) is 0 Å². The number of thioether (sulfide) groups is 1. The predicted molar refractivity (Wildman–Crippen MR) is 77.4 cm³/mol. The van der Waals surface area contributed by atoms with Gasteiger partial charge in [-0.2, -0.15) is 11.8 Å². The van der Waals surface area contributed by atoms with Gasteiger partial charge < -0.3 is 10.4 Å². The molecule has 0 heterocycles. The van der Waals surface area contributed by atoms with Gasteiger partial charge in [-0.3, -0.25) is 9.59 Å². The van der Waals surface area contributed by atoms with Gasteiger partial charge >= 0.3 is 5.97 Å². The Morgan fingerprint density at radius 2 is 2.00 bits per heavy atom. The van der Waals surface area contributed by atoms with Crippen LogP contribution in [0.1, 0.15) is 24.8 Å². The average molecular weight is 281 g/mol. The van der Waals surface area contributed by atoms with Crippen LogP contribution in [0.3, 0.4) is 0 Å². The molecule has 4 nitrogen and oxygen atoms in total. The van der Waals surface area contributed by atoms with Gasteiger partial charge in [0.25, 0.3) is 0 Å². The molecule has 104 valence electrons. The number of aliphatic carboxylic acids is 1. The monoisotopic (exact) mass is 281 g/mol. The van der Waals surface area contributed by atoms with Gasteiger partial charge in [0.05, 0.1) is 5.92 Å². The lowest BCUT2D eigenvalue weighted by atomic mass is 9.99. The minimum Gasteiger partial charge on any atom is -0.481 e. The maximum absolute atomic E-state index is 11.6. The number of nitrogens with one attached hydrogen (secondary N) is 1. The molecule has 1 amide bonds. The van der Waals surface area contributed by atoms with Crippen molar-refractivity contribution in [1.29, 1.82) is 0 Å². The number of rotatable bonds is 8. The van der Waals surface area contributed by atoms with E-state index < -0.39 is 11.9 Å². The molecule has 0 unspecified atom stereocenters. The molecule has 0 aliphatic rings. The van der Waals surface area contributed by atoms with E-state index in [2.05, 4.69) is 5.32 Å². The van der Waals surface area contributed by atoms with E-state index in [1.165, 1.54) is 0 Å². The highest BCUT2D eigenvalue weighted by Gasteiger charge is 2.20. The molecule has 1 aromatic carbocycles. The van der Waals surface area contributed by atoms with E-state index in [1.807, 2.05) is 13.0 Å². The lowest BCUT2D eigenvalue weighted by Gasteiger charge is -2.13. The van der Waals surface area contributed by atoms with E-state index in [-0.39, 0.29) is 12.5 Å². The van der Waals surface area contributed by atoms with Gasteiger partial charge in [0, 0.05) is 18.7 Å². The summed E-state index contributed by atoms with van der Waals surface area (Å²) in [6.45, 7) is 2.17. The number of carboxylic acids is 1. The van der Waals surface area contributed by atoms with Gasteiger partial charge in [0.15, 0.2) is 0 Å². The molecule has 0 saturated carbocycles. The highest BCUT2D eigenvalue weighted by Crippen LogP contribution is 2.14. The van der Waals surface area contributed by atoms with Crippen LogP contribution in [0.2, 0.25) is 0 Å². The number of hydrogen-bond donors (Lipinski definition) is 2. The Morgan fingerprint density at radius 1 is 1.32 bits per heavy atom. The molecule has 0 aliphatic carbocycles. The number of benzene rings is 1. The third kappa shape index (κ3) is 5.79. The van der Waals surface area contributed by atoms with Gasteiger partial charge in [0.2, 0.25) is 5.91 Å². The Hall–Kier alpha value is -1.49. The van der Waals surface area contributed by atoms with Gasteiger partial charge in [0.1, 0.15) is 0 Å². The molecule has 1 aromatic rings. The normalized spacial score (nSPS) is 11.8. The van der Waals surface area contributed by atoms with Gasteiger partial charge in [-0.05, 0) is 11.3 Å². The minimum absolute atomic E-state index is 0.0943. The van der Waals surface area contributed by atoms with Crippen LogP contribution in [-0.4, -0.2) is 35.0 Å². The molecular formula is C14H19NO3S. The average Bonchev–Trinajstić information content (AvgIpc) is 2.40. The van der Waals surface area contributed by atoms with Crippen molar-refractivity contribution in [1.82, 2.24) is 5.32 Å². The van der Waals surface area contributed by atoms with Crippen LogP contribution in [-0.2, 0) is 9.59 Å². The van der Waals surface area contributed by atoms with Crippen LogP contribution < -0.4 is 5.32 Å². The summed E-state index contributed by atoms with van der Waals surface area (Å²) in [5.74, 6) is 0.0435. The molecule has 0 radical (unpaired) electrons. The van der Waals surface area contributed by atoms with E-state index in [1.54, 1.807) is 36.0 Å². The predicted octanol–water partition coefficient (Wildman–Crippen LogP) is 2.11. The van der Waals surface area contributed by atoms with Gasteiger partial charge in [-0.1, -0.05) is 37.3 Å². The first-order valence-corrected chi connectivity index (χ1v) is 7.42. The number of carbonyl (C=O) groups excluding carboxylic acids is 1. The van der Waals surface area contributed by atoms with Gasteiger partial charge in [-0.25, -0.2) is 0 Å². The largest absolute Gasteiger partial charge is 0.481 e. The first kappa shape index (κ1) is 15.6. The maximum atomic E-state index is 11.6. The van der Waals surface area contributed by atoms with Crippen molar-refractivity contribution in [2.24, 2.45) is 0 Å². The molecule has 0 aromatic heterocycles. The van der Waals surface area contributed by atoms with E-state index in [0.29, 0.717) is 12.0 Å². The molecule has 0 spiro atoms. The molecule has 19 heavy (non-hydrogen) atoms. The number of hydrogen-bond acceptors (Lipinski definition) is 3. The van der Waals surface area contributed by atoms with Crippen molar-refractivity contribution >= 4 is 23.6 Å². The summed E-state index contributed by atoms with van der Waals surface area (Å²) in [5.41, 5.74) is 0.707. The molecule has 0 bridgehead atoms. The fraction of sp³-hybridized carbons (Fsp3) is 0.429. The van der Waals surface area contributed by atoms with E-state index >= 15 is 0 Å². The summed E-state index contributed by atoms with van der Waals surface area (Å²) in [5, 5.41) is 11.9. The fourth-order valence-corrected chi connectivity index (χ4v) is 2.26. The molecule has 1 rings (SSSR count). The highest BCUT2D eigenvalue weighted by molar-refractivity contribution is 7.99. The third-order valence-electron chi connectivity index (χ3n) is 2.68. The lowest BCUT2D eigenvalue weighted by molar-refractivity contribution is -0.138. The minimum atomic E-state index is -0.922. The second-order valence-corrected chi connectivity index (χ2v) is 5.45. The van der Waals surface area contributed by atoms with Crippen molar-refractivity contribution in [2.75, 3.05) is 18.1 Å². The smallest absolute Gasteiger partial charge is 0.312 e. The summed E-state index contributed by atoms with van der Waals surface area (Å²) in [4.78, 5) is 22.8. The first-order valence-electron chi connectivity index (χ1n) is 6.27. The number of carbonyl (C=O) groups is 2. The molecular weight excluding hydrogens is 262 g/mol. The third-order valence-corrected chi connectivity index (χ3v) is 3.58. The molecule has 0 saturated heterocycles. The van der Waals surface area contributed by atoms with Crippen LogP contribution in [0.15, 0.2) is 30.3 Å². The van der Waals surface area contributed by atoms with Crippen molar-refractivity contribution in [3.05, 3.63) is 35.9 Å². The second-order valence-electron chi connectivity index (χ2n) is 4.05. The van der Waals surface area contributed by atoms with Crippen molar-refractivity contribution in [3.63, 3.8) is 0 Å². The van der Waals surface area contributed by atoms with Crippen LogP contribution in [0.25, 0.3) is 0 Å². The fourth-order valence-electron chi connectivity index (χ4n) is 1.65. The summed E-state index contributed by atoms with van der Waals surface area (Å²) < 4.78 is 0. The Morgan fingerprint density at radius 3 is 2.58 bits per heavy atom. The zero-order valence-corrected chi connectivity index (χ0v) is 11.8. The van der Waals surface area contributed by atoms with E-state index in [4.69, 9.17) is 0 Å². The topological polar surface area (TPSA) is 66.4 Å². The van der Waals surface area contributed by atoms with Crippen molar-refractivity contribution in [2.45, 2.75) is 19.3 Å². The highest BCUT2D eigenvalue weighted by atomic mass is 32.2. The zero-order chi connectivity index (χ0) is 14.1. The second kappa shape index (κ2) is 8.58. The quantitative estimate of drug-likeness (QED) is 0.716. The standard InChI is InChI=1S/C14H19NO3S/c1-2-19-9-8-13(16)15-10-12(14(17)18)11-6-4-3-5-7-11/h3-7,12H,2,8-10H2,1H3,(H,15,16)(H,17,18)/t12-/m0/s1. The van der Waals surface area contributed by atoms with E-state index in [9.17, 15) is 14.7 Å². The maximum Gasteiger partial charge on any atom is 0.312 e. The van der Waals surface area contributed by atoms with Crippen molar-refractivity contribution < 1.29 is 14.7 Å². The zero-order valence-electron chi connectivity index (χ0n) is 11.0. The first-order chi connectivity index (χ1) is 9.15. The van der Waals surface area contributed by atoms with Crippen LogP contribution >= 0.6 is 11.8 Å².